The fourth-order valence-electron chi connectivity index (χ4n) is 4.11. The minimum atomic E-state index is -1.16. The van der Waals surface area contributed by atoms with Crippen LogP contribution in [-0.4, -0.2) is 45.4 Å². The number of rotatable bonds is 10. The molecule has 0 amide bonds. The SMILES string of the molecule is CCOc1cc(C(Cc2ccc(C(=N)N)cc2)c2nn(-c3ccccc3C(=O)O)c(=O)[nH]2)ccc1OC. The summed E-state index contributed by atoms with van der Waals surface area (Å²) in [6.07, 6.45) is 0.448. The van der Waals surface area contributed by atoms with Crippen LogP contribution in [0.4, 0.5) is 0 Å². The largest absolute Gasteiger partial charge is 0.493 e. The molecule has 10 nitrogen and oxygen atoms in total. The summed E-state index contributed by atoms with van der Waals surface area (Å²) in [6, 6.07) is 19.0. The second-order valence-electron chi connectivity index (χ2n) is 8.26. The van der Waals surface area contributed by atoms with Crippen LogP contribution in [0.3, 0.4) is 0 Å². The third-order valence-corrected chi connectivity index (χ3v) is 5.92. The van der Waals surface area contributed by atoms with Gasteiger partial charge in [0.05, 0.1) is 25.0 Å². The monoisotopic (exact) mass is 501 g/mol. The summed E-state index contributed by atoms with van der Waals surface area (Å²) in [6.45, 7) is 2.31. The van der Waals surface area contributed by atoms with Gasteiger partial charge in [0.15, 0.2) is 11.5 Å². The van der Waals surface area contributed by atoms with E-state index in [0.717, 1.165) is 15.8 Å². The van der Waals surface area contributed by atoms with Crippen molar-refractivity contribution in [1.82, 2.24) is 14.8 Å². The summed E-state index contributed by atoms with van der Waals surface area (Å²) in [4.78, 5) is 27.5. The fraction of sp³-hybridized carbons (Fsp3) is 0.185. The van der Waals surface area contributed by atoms with Crippen LogP contribution < -0.4 is 20.9 Å². The number of nitrogen functional groups attached to an aromatic ring is 1. The average molecular weight is 502 g/mol. The highest BCUT2D eigenvalue weighted by Crippen LogP contribution is 2.34. The van der Waals surface area contributed by atoms with E-state index in [4.69, 9.17) is 20.6 Å². The van der Waals surface area contributed by atoms with Gasteiger partial charge in [-0.05, 0) is 48.7 Å². The molecule has 0 bridgehead atoms. The molecule has 1 atom stereocenters. The van der Waals surface area contributed by atoms with Crippen LogP contribution >= 0.6 is 0 Å². The van der Waals surface area contributed by atoms with Gasteiger partial charge in [-0.3, -0.25) is 10.4 Å². The number of carbonyl (C=O) groups is 1. The number of aromatic nitrogens is 3. The summed E-state index contributed by atoms with van der Waals surface area (Å²) in [5, 5.41) is 21.7. The smallest absolute Gasteiger partial charge is 0.348 e. The molecule has 4 aromatic rings. The molecule has 10 heteroatoms. The molecule has 0 saturated heterocycles. The third-order valence-electron chi connectivity index (χ3n) is 5.92. The van der Waals surface area contributed by atoms with Crippen molar-refractivity contribution in [2.24, 2.45) is 5.73 Å². The summed E-state index contributed by atoms with van der Waals surface area (Å²) in [5.41, 5.74) is 7.50. The molecular weight excluding hydrogens is 474 g/mol. The van der Waals surface area contributed by atoms with Crippen LogP contribution in [0.1, 0.15) is 45.7 Å². The fourth-order valence-corrected chi connectivity index (χ4v) is 4.11. The van der Waals surface area contributed by atoms with Crippen LogP contribution in [0.2, 0.25) is 0 Å². The molecule has 0 saturated carbocycles. The van der Waals surface area contributed by atoms with Crippen molar-refractivity contribution in [3.05, 3.63) is 105 Å². The number of hydrogen-bond acceptors (Lipinski definition) is 6. The van der Waals surface area contributed by atoms with Crippen LogP contribution in [0.15, 0.2) is 71.5 Å². The Morgan fingerprint density at radius 3 is 2.51 bits per heavy atom. The van der Waals surface area contributed by atoms with Gasteiger partial charge < -0.3 is 20.3 Å². The zero-order valence-corrected chi connectivity index (χ0v) is 20.4. The number of nitrogens with one attached hydrogen (secondary N) is 2. The number of ether oxygens (including phenoxy) is 2. The maximum atomic E-state index is 13.0. The number of benzene rings is 3. The van der Waals surface area contributed by atoms with Crippen molar-refractivity contribution < 1.29 is 19.4 Å². The van der Waals surface area contributed by atoms with Crippen molar-refractivity contribution in [2.75, 3.05) is 13.7 Å². The molecule has 0 aliphatic heterocycles. The highest BCUT2D eigenvalue weighted by molar-refractivity contribution is 5.94. The van der Waals surface area contributed by atoms with E-state index in [1.807, 2.05) is 31.2 Å². The van der Waals surface area contributed by atoms with Gasteiger partial charge in [-0.2, -0.15) is 4.68 Å². The molecule has 0 aliphatic carbocycles. The van der Waals surface area contributed by atoms with E-state index >= 15 is 0 Å². The molecule has 0 radical (unpaired) electrons. The van der Waals surface area contributed by atoms with Crippen molar-refractivity contribution in [3.8, 4) is 17.2 Å². The van der Waals surface area contributed by atoms with Crippen molar-refractivity contribution in [2.45, 2.75) is 19.3 Å². The van der Waals surface area contributed by atoms with Gasteiger partial charge in [0, 0.05) is 11.5 Å². The van der Waals surface area contributed by atoms with Crippen LogP contribution in [0.5, 0.6) is 11.5 Å². The number of methoxy groups -OCH3 is 1. The molecular formula is C27H27N5O5. The van der Waals surface area contributed by atoms with Crippen LogP contribution in [0.25, 0.3) is 5.69 Å². The summed E-state index contributed by atoms with van der Waals surface area (Å²) < 4.78 is 12.2. The number of carboxylic acid groups (broad SMARTS) is 1. The molecule has 3 aromatic carbocycles. The lowest BCUT2D eigenvalue weighted by Crippen LogP contribution is -2.18. The molecule has 4 rings (SSSR count). The maximum absolute atomic E-state index is 13.0. The van der Waals surface area contributed by atoms with Gasteiger partial charge in [0.2, 0.25) is 0 Å². The molecule has 1 unspecified atom stereocenters. The van der Waals surface area contributed by atoms with Gasteiger partial charge in [-0.1, -0.05) is 42.5 Å². The van der Waals surface area contributed by atoms with Gasteiger partial charge in [-0.15, -0.1) is 5.10 Å². The lowest BCUT2D eigenvalue weighted by Gasteiger charge is -2.18. The third kappa shape index (κ3) is 5.37. The van der Waals surface area contributed by atoms with E-state index in [-0.39, 0.29) is 17.1 Å². The van der Waals surface area contributed by atoms with Gasteiger partial charge in [0.25, 0.3) is 0 Å². The number of para-hydroxylation sites is 1. The lowest BCUT2D eigenvalue weighted by molar-refractivity contribution is 0.0696. The predicted molar refractivity (Wildman–Crippen MR) is 138 cm³/mol. The Morgan fingerprint density at radius 2 is 1.86 bits per heavy atom. The molecule has 5 N–H and O–H groups in total. The Kier molecular flexibility index (Phi) is 7.38. The number of aromatic amines is 1. The minimum Gasteiger partial charge on any atom is -0.493 e. The summed E-state index contributed by atoms with van der Waals surface area (Å²) in [7, 11) is 1.56. The topological polar surface area (TPSA) is 156 Å². The van der Waals surface area contributed by atoms with Crippen LogP contribution in [0, 0.1) is 5.41 Å². The summed E-state index contributed by atoms with van der Waals surface area (Å²) in [5.74, 6) is -0.125. The van der Waals surface area contributed by atoms with Crippen LogP contribution in [-0.2, 0) is 6.42 Å². The highest BCUT2D eigenvalue weighted by Gasteiger charge is 2.24. The molecule has 0 fully saturated rings. The zero-order valence-electron chi connectivity index (χ0n) is 20.4. The Bertz CT molecular complexity index is 1490. The van der Waals surface area contributed by atoms with Gasteiger partial charge in [-0.25, -0.2) is 9.59 Å². The Hall–Kier alpha value is -4.86. The Labute approximate surface area is 212 Å². The zero-order chi connectivity index (χ0) is 26.5. The Morgan fingerprint density at radius 1 is 1.14 bits per heavy atom. The molecule has 190 valence electrons. The van der Waals surface area contributed by atoms with E-state index in [0.29, 0.717) is 35.9 Å². The van der Waals surface area contributed by atoms with Crippen molar-refractivity contribution in [1.29, 1.82) is 5.41 Å². The second-order valence-corrected chi connectivity index (χ2v) is 8.26. The van der Waals surface area contributed by atoms with Crippen molar-refractivity contribution in [3.63, 3.8) is 0 Å². The lowest BCUT2D eigenvalue weighted by atomic mass is 9.90. The Balaban J connectivity index is 1.82. The minimum absolute atomic E-state index is 0.0280. The number of nitrogens with two attached hydrogens (primary N) is 1. The van der Waals surface area contributed by atoms with E-state index < -0.39 is 17.6 Å². The first kappa shape index (κ1) is 25.2. The number of carboxylic acids is 1. The van der Waals surface area contributed by atoms with Crippen molar-refractivity contribution >= 4 is 11.8 Å². The maximum Gasteiger partial charge on any atom is 0.348 e. The van der Waals surface area contributed by atoms with E-state index in [1.54, 1.807) is 37.4 Å². The number of H-pyrrole nitrogens is 1. The van der Waals surface area contributed by atoms with E-state index in [1.165, 1.54) is 12.1 Å². The number of amidine groups is 1. The molecule has 1 aromatic heterocycles. The predicted octanol–water partition coefficient (Wildman–Crippen LogP) is 3.32. The highest BCUT2D eigenvalue weighted by atomic mass is 16.5. The first-order valence-electron chi connectivity index (χ1n) is 11.6. The van der Waals surface area contributed by atoms with E-state index in [2.05, 4.69) is 10.1 Å². The molecule has 37 heavy (non-hydrogen) atoms. The van der Waals surface area contributed by atoms with Gasteiger partial charge >= 0.3 is 11.7 Å². The number of hydrogen-bond donors (Lipinski definition) is 4. The van der Waals surface area contributed by atoms with Gasteiger partial charge in [0.1, 0.15) is 11.7 Å². The molecule has 0 aliphatic rings. The standard InChI is InChI=1S/C27H27N5O5/c1-3-37-23-15-18(12-13-22(23)36-2)20(14-16-8-10-17(11-9-16)24(28)29)25-30-27(35)32(31-25)21-7-5-4-6-19(21)26(33)34/h4-13,15,20H,3,14H2,1-2H3,(H3,28,29)(H,33,34)(H,30,31,35). The van der Waals surface area contributed by atoms with E-state index in [9.17, 15) is 14.7 Å². The first-order chi connectivity index (χ1) is 17.8. The molecule has 1 heterocycles. The quantitative estimate of drug-likeness (QED) is 0.192. The first-order valence-corrected chi connectivity index (χ1v) is 11.6. The molecule has 0 spiro atoms. The normalized spacial score (nSPS) is 11.6. The summed E-state index contributed by atoms with van der Waals surface area (Å²) >= 11 is 0. The number of nitrogens with zero attached hydrogens (tertiary/aromatic N) is 2. The number of aromatic carboxylic acids is 1. The average Bonchev–Trinajstić information content (AvgIpc) is 3.28. The second kappa shape index (κ2) is 10.8.